The molecule has 4 atom stereocenters. The number of carbonyl (C=O) groups is 1. The van der Waals surface area contributed by atoms with Crippen molar-refractivity contribution in [1.82, 2.24) is 15.2 Å². The van der Waals surface area contributed by atoms with Crippen LogP contribution >= 0.6 is 0 Å². The van der Waals surface area contributed by atoms with Gasteiger partial charge < -0.3 is 10.3 Å². The number of carbonyl (C=O) groups excluding carboxylic acids is 1. The summed E-state index contributed by atoms with van der Waals surface area (Å²) in [5.41, 5.74) is 1.78. The highest BCUT2D eigenvalue weighted by Crippen LogP contribution is 2.32. The number of H-pyrrole nitrogens is 1. The molecule has 3 heterocycles. The fourth-order valence-electron chi connectivity index (χ4n) is 4.22. The molecule has 1 aromatic carbocycles. The van der Waals surface area contributed by atoms with E-state index in [9.17, 15) is 4.79 Å². The first-order valence-electron chi connectivity index (χ1n) is 8.33. The smallest absolute Gasteiger partial charge is 0.253 e. The monoisotopic (exact) mass is 297 g/mol. The van der Waals surface area contributed by atoms with E-state index in [2.05, 4.69) is 22.1 Å². The van der Waals surface area contributed by atoms with E-state index in [-0.39, 0.29) is 11.9 Å². The zero-order valence-corrected chi connectivity index (χ0v) is 13.0. The maximum absolute atomic E-state index is 12.6. The summed E-state index contributed by atoms with van der Waals surface area (Å²) in [6.07, 6.45) is 5.55. The van der Waals surface area contributed by atoms with E-state index in [1.54, 1.807) is 0 Å². The number of amides is 1. The van der Waals surface area contributed by atoms with Gasteiger partial charge in [0.25, 0.3) is 5.91 Å². The number of aromatic nitrogens is 1. The lowest BCUT2D eigenvalue weighted by atomic mass is 9.81. The second-order valence-electron chi connectivity index (χ2n) is 6.79. The Morgan fingerprint density at radius 2 is 2.23 bits per heavy atom. The number of fused-ring (bicyclic) bond motifs is 3. The highest BCUT2D eigenvalue weighted by Gasteiger charge is 2.36. The predicted molar refractivity (Wildman–Crippen MR) is 87.9 cm³/mol. The Morgan fingerprint density at radius 1 is 1.36 bits per heavy atom. The minimum Gasteiger partial charge on any atom is -0.360 e. The zero-order valence-electron chi connectivity index (χ0n) is 13.0. The Labute approximate surface area is 130 Å². The average molecular weight is 297 g/mol. The third kappa shape index (κ3) is 2.31. The van der Waals surface area contributed by atoms with Crippen LogP contribution in [0.3, 0.4) is 0 Å². The number of nitrogens with zero attached hydrogens (tertiary/aromatic N) is 1. The van der Waals surface area contributed by atoms with Crippen LogP contribution in [0, 0.1) is 5.92 Å². The number of aromatic amines is 1. The highest BCUT2D eigenvalue weighted by molar-refractivity contribution is 6.06. The molecule has 0 spiro atoms. The molecule has 2 aliphatic rings. The van der Waals surface area contributed by atoms with Crippen molar-refractivity contribution in [2.24, 2.45) is 5.92 Å². The normalized spacial score (nSPS) is 31.1. The molecule has 4 nitrogen and oxygen atoms in total. The lowest BCUT2D eigenvalue weighted by Crippen LogP contribution is -2.57. The Bertz CT molecular complexity index is 678. The van der Waals surface area contributed by atoms with Crippen molar-refractivity contribution in [3.63, 3.8) is 0 Å². The lowest BCUT2D eigenvalue weighted by molar-refractivity contribution is 0.0387. The van der Waals surface area contributed by atoms with Crippen LogP contribution in [0.15, 0.2) is 30.5 Å². The van der Waals surface area contributed by atoms with Gasteiger partial charge in [-0.25, -0.2) is 0 Å². The van der Waals surface area contributed by atoms with E-state index < -0.39 is 0 Å². The Balaban J connectivity index is 1.50. The van der Waals surface area contributed by atoms with Gasteiger partial charge in [0.2, 0.25) is 0 Å². The third-order valence-electron chi connectivity index (χ3n) is 5.49. The van der Waals surface area contributed by atoms with Crippen LogP contribution in [0.5, 0.6) is 0 Å². The van der Waals surface area contributed by atoms with E-state index in [0.29, 0.717) is 6.04 Å². The molecule has 0 radical (unpaired) electrons. The van der Waals surface area contributed by atoms with Gasteiger partial charge in [0, 0.05) is 35.7 Å². The van der Waals surface area contributed by atoms with Gasteiger partial charge in [-0.15, -0.1) is 0 Å². The molecule has 2 bridgehead atoms. The predicted octanol–water partition coefficient (Wildman–Crippen LogP) is 2.77. The summed E-state index contributed by atoms with van der Waals surface area (Å²) in [5, 5.41) is 4.27. The van der Waals surface area contributed by atoms with Crippen molar-refractivity contribution in [1.29, 1.82) is 0 Å². The van der Waals surface area contributed by atoms with Crippen molar-refractivity contribution in [2.45, 2.75) is 38.3 Å². The number of rotatable bonds is 2. The molecular weight excluding hydrogens is 274 g/mol. The standard InChI is InChI=1S/C18H23N3O/c1-12-13-5-4-8-21(12)11-14(9-13)20-18(22)16-10-19-17-7-3-2-6-15(16)17/h2-3,6-7,10,12-14,19H,4-5,8-9,11H2,1H3,(H,20,22). The Kier molecular flexibility index (Phi) is 3.41. The first-order valence-corrected chi connectivity index (χ1v) is 8.33. The molecule has 4 rings (SSSR count). The number of hydrogen-bond donors (Lipinski definition) is 2. The number of nitrogens with one attached hydrogen (secondary N) is 2. The van der Waals surface area contributed by atoms with Crippen molar-refractivity contribution in [3.05, 3.63) is 36.0 Å². The van der Waals surface area contributed by atoms with Crippen LogP contribution in [0.25, 0.3) is 10.9 Å². The number of piperidine rings is 2. The van der Waals surface area contributed by atoms with Crippen LogP contribution in [0.4, 0.5) is 0 Å². The average Bonchev–Trinajstić information content (AvgIpc) is 2.92. The molecule has 4 heteroatoms. The molecule has 2 aromatic rings. The van der Waals surface area contributed by atoms with Crippen molar-refractivity contribution in [2.75, 3.05) is 13.1 Å². The lowest BCUT2D eigenvalue weighted by Gasteiger charge is -2.47. The largest absolute Gasteiger partial charge is 0.360 e. The van der Waals surface area contributed by atoms with Crippen LogP contribution < -0.4 is 5.32 Å². The van der Waals surface area contributed by atoms with E-state index in [1.165, 1.54) is 19.4 Å². The number of para-hydroxylation sites is 1. The zero-order chi connectivity index (χ0) is 15.1. The van der Waals surface area contributed by atoms with Gasteiger partial charge in [-0.3, -0.25) is 9.69 Å². The van der Waals surface area contributed by atoms with Gasteiger partial charge >= 0.3 is 0 Å². The molecule has 1 amide bonds. The van der Waals surface area contributed by atoms with E-state index in [0.717, 1.165) is 35.3 Å². The van der Waals surface area contributed by atoms with Gasteiger partial charge in [-0.1, -0.05) is 18.2 Å². The Morgan fingerprint density at radius 3 is 3.09 bits per heavy atom. The molecule has 4 unspecified atom stereocenters. The molecule has 1 aromatic heterocycles. The van der Waals surface area contributed by atoms with E-state index >= 15 is 0 Å². The first kappa shape index (κ1) is 13.8. The van der Waals surface area contributed by atoms with Crippen LogP contribution in [-0.2, 0) is 0 Å². The second kappa shape index (κ2) is 5.43. The molecule has 2 saturated heterocycles. The molecule has 2 aliphatic heterocycles. The van der Waals surface area contributed by atoms with Crippen molar-refractivity contribution in [3.8, 4) is 0 Å². The summed E-state index contributed by atoms with van der Waals surface area (Å²) in [5.74, 6) is 0.784. The van der Waals surface area contributed by atoms with Crippen molar-refractivity contribution >= 4 is 16.8 Å². The van der Waals surface area contributed by atoms with Gasteiger partial charge in [0.15, 0.2) is 0 Å². The van der Waals surface area contributed by atoms with Crippen molar-refractivity contribution < 1.29 is 4.79 Å². The van der Waals surface area contributed by atoms with Gasteiger partial charge in [0.05, 0.1) is 5.56 Å². The van der Waals surface area contributed by atoms with Crippen LogP contribution in [0.2, 0.25) is 0 Å². The van der Waals surface area contributed by atoms with Crippen LogP contribution in [0.1, 0.15) is 36.5 Å². The summed E-state index contributed by atoms with van der Waals surface area (Å²) in [4.78, 5) is 18.4. The van der Waals surface area contributed by atoms with Crippen LogP contribution in [-0.4, -0.2) is 41.0 Å². The Hall–Kier alpha value is -1.81. The van der Waals surface area contributed by atoms with E-state index in [4.69, 9.17) is 0 Å². The highest BCUT2D eigenvalue weighted by atomic mass is 16.1. The molecule has 2 N–H and O–H groups in total. The number of hydrogen-bond acceptors (Lipinski definition) is 2. The molecule has 2 fully saturated rings. The third-order valence-corrected chi connectivity index (χ3v) is 5.49. The quantitative estimate of drug-likeness (QED) is 0.895. The second-order valence-corrected chi connectivity index (χ2v) is 6.79. The minimum atomic E-state index is 0.0521. The summed E-state index contributed by atoms with van der Waals surface area (Å²) < 4.78 is 0. The molecule has 22 heavy (non-hydrogen) atoms. The summed E-state index contributed by atoms with van der Waals surface area (Å²) >= 11 is 0. The maximum atomic E-state index is 12.6. The molecular formula is C18H23N3O. The minimum absolute atomic E-state index is 0.0521. The number of benzene rings is 1. The molecule has 0 saturated carbocycles. The topological polar surface area (TPSA) is 48.1 Å². The summed E-state index contributed by atoms with van der Waals surface area (Å²) in [6.45, 7) is 4.50. The van der Waals surface area contributed by atoms with Gasteiger partial charge in [0.1, 0.15) is 0 Å². The summed E-state index contributed by atoms with van der Waals surface area (Å²) in [6, 6.07) is 8.92. The summed E-state index contributed by atoms with van der Waals surface area (Å²) in [7, 11) is 0. The SMILES string of the molecule is CC1C2CCCN1CC(NC(=O)c1c[nH]c3ccccc13)C2. The van der Waals surface area contributed by atoms with Gasteiger partial charge in [-0.2, -0.15) is 0 Å². The fourth-order valence-corrected chi connectivity index (χ4v) is 4.22. The maximum Gasteiger partial charge on any atom is 0.253 e. The molecule has 116 valence electrons. The first-order chi connectivity index (χ1) is 10.7. The fraction of sp³-hybridized carbons (Fsp3) is 0.500. The van der Waals surface area contributed by atoms with Gasteiger partial charge in [-0.05, 0) is 44.7 Å². The molecule has 0 aliphatic carbocycles. The van der Waals surface area contributed by atoms with E-state index in [1.807, 2.05) is 30.5 Å².